The van der Waals surface area contributed by atoms with Gasteiger partial charge in [-0.2, -0.15) is 0 Å². The second-order valence-corrected chi connectivity index (χ2v) is 8.34. The third kappa shape index (κ3) is 5.41. The summed E-state index contributed by atoms with van der Waals surface area (Å²) in [6, 6.07) is 13.1. The number of nitrogens with one attached hydrogen (secondary N) is 2. The van der Waals surface area contributed by atoms with Crippen LogP contribution in [0.1, 0.15) is 24.3 Å². The van der Waals surface area contributed by atoms with Gasteiger partial charge in [-0.15, -0.1) is 0 Å². The second kappa shape index (κ2) is 10.1. The molecule has 3 aromatic rings. The first-order valence-corrected chi connectivity index (χ1v) is 11.1. The highest BCUT2D eigenvalue weighted by Gasteiger charge is 2.19. The number of amides is 2. The summed E-state index contributed by atoms with van der Waals surface area (Å²) in [5.74, 6) is 0.294. The summed E-state index contributed by atoms with van der Waals surface area (Å²) in [6.07, 6.45) is 3.96. The maximum Gasteiger partial charge on any atom is 0.257 e. The Kier molecular flexibility index (Phi) is 6.97. The lowest BCUT2D eigenvalue weighted by Crippen LogP contribution is -2.47. The van der Waals surface area contributed by atoms with Crippen LogP contribution in [0.3, 0.4) is 0 Å². The van der Waals surface area contributed by atoms with Gasteiger partial charge >= 0.3 is 0 Å². The van der Waals surface area contributed by atoms with E-state index in [-0.39, 0.29) is 31.2 Å². The summed E-state index contributed by atoms with van der Waals surface area (Å²) >= 11 is 12.1. The van der Waals surface area contributed by atoms with Crippen molar-refractivity contribution in [3.8, 4) is 11.3 Å². The molecule has 1 aliphatic rings. The van der Waals surface area contributed by atoms with Gasteiger partial charge in [0.15, 0.2) is 11.7 Å². The topological polar surface area (TPSA) is 87.5 Å². The summed E-state index contributed by atoms with van der Waals surface area (Å²) in [4.78, 5) is 30.6. The van der Waals surface area contributed by atoms with E-state index < -0.39 is 0 Å². The molecular weight excluding hydrogens is 451 g/mol. The number of hydrazine groups is 1. The number of hydrogen-bond acceptors (Lipinski definition) is 5. The lowest BCUT2D eigenvalue weighted by molar-refractivity contribution is -0.128. The largest absolute Gasteiger partial charge is 0.441 e. The molecule has 1 aliphatic heterocycles. The summed E-state index contributed by atoms with van der Waals surface area (Å²) in [5.41, 5.74) is 7.91. The van der Waals surface area contributed by atoms with Crippen LogP contribution in [-0.4, -0.2) is 29.9 Å². The van der Waals surface area contributed by atoms with E-state index in [2.05, 4.69) is 21.9 Å². The number of nitrogens with zero attached hydrogens (tertiary/aromatic N) is 2. The SMILES string of the molecule is O=C(CCc1ncc(-c2ccc(Cl)cc2Cl)o1)NNC(=O)CN1CCCc2ccccc21. The van der Waals surface area contributed by atoms with Gasteiger partial charge in [-0.1, -0.05) is 41.4 Å². The number of anilines is 1. The van der Waals surface area contributed by atoms with Crippen LogP contribution in [0.2, 0.25) is 10.0 Å². The molecule has 166 valence electrons. The number of benzene rings is 2. The van der Waals surface area contributed by atoms with Crippen LogP contribution in [0.25, 0.3) is 11.3 Å². The molecule has 4 rings (SSSR count). The van der Waals surface area contributed by atoms with Crippen LogP contribution in [0.15, 0.2) is 53.1 Å². The molecule has 9 heteroatoms. The molecule has 0 atom stereocenters. The second-order valence-electron chi connectivity index (χ2n) is 7.49. The van der Waals surface area contributed by atoms with Gasteiger partial charge in [-0.3, -0.25) is 20.4 Å². The molecule has 2 aromatic carbocycles. The molecule has 0 saturated heterocycles. The molecule has 0 unspecified atom stereocenters. The highest BCUT2D eigenvalue weighted by molar-refractivity contribution is 6.36. The van der Waals surface area contributed by atoms with E-state index in [1.165, 1.54) is 5.56 Å². The average molecular weight is 473 g/mol. The highest BCUT2D eigenvalue weighted by atomic mass is 35.5. The van der Waals surface area contributed by atoms with Gasteiger partial charge < -0.3 is 9.32 Å². The Hall–Kier alpha value is -3.03. The van der Waals surface area contributed by atoms with Gasteiger partial charge in [-0.25, -0.2) is 4.98 Å². The molecule has 0 bridgehead atoms. The van der Waals surface area contributed by atoms with E-state index in [9.17, 15) is 9.59 Å². The molecule has 2 amide bonds. The van der Waals surface area contributed by atoms with Gasteiger partial charge in [0.25, 0.3) is 5.91 Å². The Bertz CT molecular complexity index is 1130. The third-order valence-corrected chi connectivity index (χ3v) is 5.75. The minimum absolute atomic E-state index is 0.112. The Labute approximate surface area is 195 Å². The van der Waals surface area contributed by atoms with Gasteiger partial charge in [-0.05, 0) is 42.7 Å². The lowest BCUT2D eigenvalue weighted by atomic mass is 10.0. The smallest absolute Gasteiger partial charge is 0.257 e. The Balaban J connectivity index is 1.24. The van der Waals surface area contributed by atoms with Gasteiger partial charge in [0.1, 0.15) is 0 Å². The molecule has 1 aromatic heterocycles. The molecule has 0 spiro atoms. The van der Waals surface area contributed by atoms with Crippen LogP contribution in [0.4, 0.5) is 5.69 Å². The number of carbonyl (C=O) groups excluding carboxylic acids is 2. The van der Waals surface area contributed by atoms with Gasteiger partial charge in [0, 0.05) is 35.7 Å². The lowest BCUT2D eigenvalue weighted by Gasteiger charge is -2.30. The first-order valence-electron chi connectivity index (χ1n) is 10.3. The first kappa shape index (κ1) is 22.2. The molecule has 2 N–H and O–H groups in total. The summed E-state index contributed by atoms with van der Waals surface area (Å²) in [7, 11) is 0. The van der Waals surface area contributed by atoms with Crippen molar-refractivity contribution in [3.63, 3.8) is 0 Å². The van der Waals surface area contributed by atoms with Crippen LogP contribution in [-0.2, 0) is 22.4 Å². The maximum atomic E-state index is 12.3. The minimum atomic E-state index is -0.332. The normalized spacial score (nSPS) is 12.9. The summed E-state index contributed by atoms with van der Waals surface area (Å²) in [6.45, 7) is 0.991. The minimum Gasteiger partial charge on any atom is -0.441 e. The van der Waals surface area contributed by atoms with Crippen LogP contribution in [0.5, 0.6) is 0 Å². The fraction of sp³-hybridized carbons (Fsp3) is 0.261. The zero-order valence-corrected chi connectivity index (χ0v) is 18.7. The zero-order chi connectivity index (χ0) is 22.5. The van der Waals surface area contributed by atoms with Crippen molar-refractivity contribution in [3.05, 3.63) is 70.2 Å². The number of rotatable bonds is 6. The standard InChI is InChI=1S/C23H22Cl2N4O3/c24-16-7-8-17(18(25)12-16)20-13-26-23(32-20)10-9-21(30)27-28-22(31)14-29-11-3-5-15-4-1-2-6-19(15)29/h1-2,4,6-8,12-13H,3,5,9-11,14H2,(H,27,30)(H,28,31). The predicted octanol–water partition coefficient (Wildman–Crippen LogP) is 4.18. The van der Waals surface area contributed by atoms with Crippen LogP contribution >= 0.6 is 23.2 Å². The monoisotopic (exact) mass is 472 g/mol. The number of fused-ring (bicyclic) bond motifs is 1. The summed E-state index contributed by atoms with van der Waals surface area (Å²) in [5, 5.41) is 0.985. The van der Waals surface area contributed by atoms with E-state index in [1.54, 1.807) is 24.4 Å². The first-order chi connectivity index (χ1) is 15.5. The maximum absolute atomic E-state index is 12.3. The van der Waals surface area contributed by atoms with E-state index >= 15 is 0 Å². The zero-order valence-electron chi connectivity index (χ0n) is 17.2. The fourth-order valence-corrected chi connectivity index (χ4v) is 4.15. The molecule has 0 fully saturated rings. The number of hydrogen-bond donors (Lipinski definition) is 2. The van der Waals surface area contributed by atoms with E-state index in [0.717, 1.165) is 25.1 Å². The average Bonchev–Trinajstić information content (AvgIpc) is 3.25. The number of aromatic nitrogens is 1. The predicted molar refractivity (Wildman–Crippen MR) is 124 cm³/mol. The van der Waals surface area contributed by atoms with E-state index in [1.807, 2.05) is 23.1 Å². The van der Waals surface area contributed by atoms with Gasteiger partial charge in [0.2, 0.25) is 5.91 Å². The van der Waals surface area contributed by atoms with Crippen molar-refractivity contribution >= 4 is 40.7 Å². The number of halogens is 2. The van der Waals surface area contributed by atoms with E-state index in [0.29, 0.717) is 27.3 Å². The van der Waals surface area contributed by atoms with Crippen molar-refractivity contribution in [2.24, 2.45) is 0 Å². The third-order valence-electron chi connectivity index (χ3n) is 5.20. The molecule has 0 aliphatic carbocycles. The molecular formula is C23H22Cl2N4O3. The molecule has 32 heavy (non-hydrogen) atoms. The summed E-state index contributed by atoms with van der Waals surface area (Å²) < 4.78 is 5.69. The number of carbonyl (C=O) groups is 2. The van der Waals surface area contributed by atoms with Gasteiger partial charge in [0.05, 0.1) is 17.8 Å². The van der Waals surface area contributed by atoms with Crippen LogP contribution < -0.4 is 15.8 Å². The van der Waals surface area contributed by atoms with Crippen molar-refractivity contribution in [2.45, 2.75) is 25.7 Å². The van der Waals surface area contributed by atoms with Crippen molar-refractivity contribution in [1.29, 1.82) is 0 Å². The molecule has 7 nitrogen and oxygen atoms in total. The molecule has 2 heterocycles. The van der Waals surface area contributed by atoms with Crippen LogP contribution in [0, 0.1) is 0 Å². The Morgan fingerprint density at radius 3 is 2.75 bits per heavy atom. The Morgan fingerprint density at radius 1 is 1.09 bits per heavy atom. The van der Waals surface area contributed by atoms with Crippen molar-refractivity contribution in [2.75, 3.05) is 18.0 Å². The highest BCUT2D eigenvalue weighted by Crippen LogP contribution is 2.31. The van der Waals surface area contributed by atoms with E-state index in [4.69, 9.17) is 27.6 Å². The number of oxazole rings is 1. The number of para-hydroxylation sites is 1. The van der Waals surface area contributed by atoms with Crippen molar-refractivity contribution in [1.82, 2.24) is 15.8 Å². The van der Waals surface area contributed by atoms with Crippen molar-refractivity contribution < 1.29 is 14.0 Å². The molecule has 0 radical (unpaired) electrons. The molecule has 0 saturated carbocycles. The fourth-order valence-electron chi connectivity index (χ4n) is 3.65. The number of aryl methyl sites for hydroxylation is 2. The quantitative estimate of drug-likeness (QED) is 0.525. The Morgan fingerprint density at radius 2 is 1.91 bits per heavy atom.